The summed E-state index contributed by atoms with van der Waals surface area (Å²) in [7, 11) is 0. The third kappa shape index (κ3) is 6.40. The number of carbonyl (C=O) groups is 2. The number of nitro groups is 1. The maximum absolute atomic E-state index is 13.8. The van der Waals surface area contributed by atoms with Gasteiger partial charge in [-0.25, -0.2) is 0 Å². The number of benzene rings is 3. The van der Waals surface area contributed by atoms with Gasteiger partial charge in [-0.2, -0.15) is 0 Å². The molecule has 3 aromatic rings. The zero-order valence-electron chi connectivity index (χ0n) is 25.2. The van der Waals surface area contributed by atoms with E-state index in [-0.39, 0.29) is 23.9 Å². The Kier molecular flexibility index (Phi) is 9.34. The molecule has 3 aliphatic rings. The van der Waals surface area contributed by atoms with Crippen molar-refractivity contribution in [3.05, 3.63) is 120 Å². The monoisotopic (exact) mass is 718 g/mol. The van der Waals surface area contributed by atoms with Gasteiger partial charge in [-0.3, -0.25) is 19.7 Å². The SMILES string of the molecule is CCOc1cc(C2C3=C(CCCC3=O)N(CCc3ccccc3)C3=C2C(=O)CCC3)cc(I)c1OCc1ccc([N+](=O)[O-])cc1. The number of halogens is 1. The van der Waals surface area contributed by atoms with Crippen LogP contribution in [-0.4, -0.2) is 34.5 Å². The first-order chi connectivity index (χ1) is 21.9. The summed E-state index contributed by atoms with van der Waals surface area (Å²) in [6, 6.07) is 20.6. The molecule has 9 heteroatoms. The lowest BCUT2D eigenvalue weighted by Crippen LogP contribution is -2.40. The average molecular weight is 719 g/mol. The highest BCUT2D eigenvalue weighted by Crippen LogP contribution is 2.50. The van der Waals surface area contributed by atoms with E-state index in [1.165, 1.54) is 17.7 Å². The Balaban J connectivity index is 1.39. The summed E-state index contributed by atoms with van der Waals surface area (Å²) in [6.45, 7) is 3.24. The Morgan fingerprint density at radius 3 is 2.11 bits per heavy atom. The van der Waals surface area contributed by atoms with E-state index in [9.17, 15) is 19.7 Å². The third-order valence-corrected chi connectivity index (χ3v) is 9.55. The molecule has 2 aliphatic carbocycles. The molecule has 3 aromatic carbocycles. The zero-order valence-corrected chi connectivity index (χ0v) is 27.4. The van der Waals surface area contributed by atoms with E-state index in [2.05, 4.69) is 39.6 Å². The smallest absolute Gasteiger partial charge is 0.269 e. The van der Waals surface area contributed by atoms with Gasteiger partial charge < -0.3 is 14.4 Å². The van der Waals surface area contributed by atoms with Crippen LogP contribution >= 0.6 is 22.6 Å². The van der Waals surface area contributed by atoms with Gasteiger partial charge in [0, 0.05) is 60.0 Å². The average Bonchev–Trinajstić information content (AvgIpc) is 3.04. The molecular weight excluding hydrogens is 683 g/mol. The summed E-state index contributed by atoms with van der Waals surface area (Å²) < 4.78 is 13.1. The van der Waals surface area contributed by atoms with E-state index in [4.69, 9.17) is 9.47 Å². The molecular formula is C36H35IN2O6. The number of hydrogen-bond acceptors (Lipinski definition) is 7. The van der Waals surface area contributed by atoms with E-state index in [1.807, 2.05) is 37.3 Å². The standard InChI is InChI=1S/C36H35IN2O6/c1-2-44-32-21-25(20-27(37)36(32)45-22-24-14-16-26(17-15-24)39(42)43)33-34-28(10-6-12-30(34)40)38(19-18-23-8-4-3-5-9-23)29-11-7-13-31(41)35(29)33/h3-5,8-9,14-17,20-21,33H,2,6-7,10-13,18-19,22H2,1H3. The lowest BCUT2D eigenvalue weighted by Gasteiger charge is -2.44. The minimum Gasteiger partial charge on any atom is -0.490 e. The van der Waals surface area contributed by atoms with E-state index in [0.29, 0.717) is 30.9 Å². The highest BCUT2D eigenvalue weighted by atomic mass is 127. The molecule has 0 aromatic heterocycles. The number of rotatable bonds is 10. The number of ketones is 2. The number of nitrogens with zero attached hydrogens (tertiary/aromatic N) is 2. The van der Waals surface area contributed by atoms with Crippen molar-refractivity contribution in [3.63, 3.8) is 0 Å². The largest absolute Gasteiger partial charge is 0.490 e. The van der Waals surface area contributed by atoms with Crippen molar-refractivity contribution in [3.8, 4) is 11.5 Å². The maximum Gasteiger partial charge on any atom is 0.269 e. The van der Waals surface area contributed by atoms with E-state index in [1.54, 1.807) is 12.1 Å². The van der Waals surface area contributed by atoms with Crippen LogP contribution in [0.25, 0.3) is 0 Å². The van der Waals surface area contributed by atoms with Gasteiger partial charge in [0.1, 0.15) is 6.61 Å². The molecule has 0 saturated heterocycles. The minimum atomic E-state index is -0.444. The van der Waals surface area contributed by atoms with Crippen LogP contribution in [0.2, 0.25) is 0 Å². The number of non-ortho nitro benzene ring substituents is 1. The fourth-order valence-corrected chi connectivity index (χ4v) is 7.51. The van der Waals surface area contributed by atoms with Gasteiger partial charge >= 0.3 is 0 Å². The Morgan fingerprint density at radius 1 is 0.867 bits per heavy atom. The van der Waals surface area contributed by atoms with Gasteiger partial charge in [-0.05, 0) is 103 Å². The molecule has 0 unspecified atom stereocenters. The zero-order chi connectivity index (χ0) is 31.5. The van der Waals surface area contributed by atoms with E-state index in [0.717, 1.165) is 75.9 Å². The van der Waals surface area contributed by atoms with Crippen molar-refractivity contribution < 1.29 is 24.0 Å². The Hall–Kier alpha value is -3.99. The lowest BCUT2D eigenvalue weighted by atomic mass is 9.71. The quantitative estimate of drug-likeness (QED) is 0.120. The molecule has 0 fully saturated rings. The van der Waals surface area contributed by atoms with E-state index >= 15 is 0 Å². The first-order valence-corrected chi connectivity index (χ1v) is 16.6. The molecule has 0 atom stereocenters. The van der Waals surface area contributed by atoms with Crippen molar-refractivity contribution in [1.82, 2.24) is 4.90 Å². The molecule has 232 valence electrons. The predicted molar refractivity (Wildman–Crippen MR) is 179 cm³/mol. The molecule has 6 rings (SSSR count). The van der Waals surface area contributed by atoms with Gasteiger partial charge in [0.25, 0.3) is 5.69 Å². The van der Waals surface area contributed by atoms with Crippen molar-refractivity contribution in [1.29, 1.82) is 0 Å². The second-order valence-electron chi connectivity index (χ2n) is 11.6. The topological polar surface area (TPSA) is 99.0 Å². The molecule has 1 aliphatic heterocycles. The number of carbonyl (C=O) groups excluding carboxylic acids is 2. The minimum absolute atomic E-state index is 0.0238. The molecule has 45 heavy (non-hydrogen) atoms. The van der Waals surface area contributed by atoms with Crippen LogP contribution in [0, 0.1) is 13.7 Å². The highest BCUT2D eigenvalue weighted by molar-refractivity contribution is 14.1. The Bertz CT molecular complexity index is 1650. The van der Waals surface area contributed by atoms with Crippen LogP contribution in [0.3, 0.4) is 0 Å². The van der Waals surface area contributed by atoms with Gasteiger partial charge in [-0.15, -0.1) is 0 Å². The predicted octanol–water partition coefficient (Wildman–Crippen LogP) is 7.83. The van der Waals surface area contributed by atoms with Crippen LogP contribution in [0.1, 0.15) is 68.1 Å². The first kappa shape index (κ1) is 31.0. The van der Waals surface area contributed by atoms with E-state index < -0.39 is 10.8 Å². The van der Waals surface area contributed by atoms with Crippen LogP contribution in [0.15, 0.2) is 89.3 Å². The Labute approximate surface area is 276 Å². The summed E-state index contributed by atoms with van der Waals surface area (Å²) >= 11 is 2.23. The number of ether oxygens (including phenoxy) is 2. The second-order valence-corrected chi connectivity index (χ2v) is 12.7. The fraction of sp³-hybridized carbons (Fsp3) is 0.333. The fourth-order valence-electron chi connectivity index (χ4n) is 6.73. The summed E-state index contributed by atoms with van der Waals surface area (Å²) in [6.07, 6.45) is 5.01. The van der Waals surface area contributed by atoms with Gasteiger partial charge in [0.05, 0.1) is 15.1 Å². The highest BCUT2D eigenvalue weighted by Gasteiger charge is 2.43. The molecule has 0 saturated carbocycles. The second kappa shape index (κ2) is 13.6. The molecule has 0 bridgehead atoms. The normalized spacial score (nSPS) is 16.9. The van der Waals surface area contributed by atoms with Gasteiger partial charge in [0.15, 0.2) is 23.1 Å². The third-order valence-electron chi connectivity index (χ3n) is 8.75. The van der Waals surface area contributed by atoms with Crippen LogP contribution in [0.4, 0.5) is 5.69 Å². The summed E-state index contributed by atoms with van der Waals surface area (Å²) in [5.74, 6) is 0.890. The summed E-state index contributed by atoms with van der Waals surface area (Å²) in [5.41, 5.74) is 6.53. The van der Waals surface area contributed by atoms with Crippen LogP contribution in [0.5, 0.6) is 11.5 Å². The molecule has 0 spiro atoms. The molecule has 0 amide bonds. The van der Waals surface area contributed by atoms with Crippen molar-refractivity contribution in [2.24, 2.45) is 0 Å². The summed E-state index contributed by atoms with van der Waals surface area (Å²) in [5, 5.41) is 11.0. The molecule has 0 radical (unpaired) electrons. The first-order valence-electron chi connectivity index (χ1n) is 15.5. The number of allylic oxidation sites excluding steroid dienone is 4. The Morgan fingerprint density at radius 2 is 1.51 bits per heavy atom. The molecule has 1 heterocycles. The maximum atomic E-state index is 13.8. The van der Waals surface area contributed by atoms with Crippen molar-refractivity contribution in [2.75, 3.05) is 13.2 Å². The van der Waals surface area contributed by atoms with Crippen LogP contribution < -0.4 is 9.47 Å². The molecule has 8 nitrogen and oxygen atoms in total. The molecule has 0 N–H and O–H groups in total. The number of Topliss-reactive ketones (excluding diaryl/α,β-unsaturated/α-hetero) is 2. The van der Waals surface area contributed by atoms with Crippen molar-refractivity contribution in [2.45, 2.75) is 64.4 Å². The number of nitro benzene ring substituents is 1. The number of hydrogen-bond donors (Lipinski definition) is 0. The summed E-state index contributed by atoms with van der Waals surface area (Å²) in [4.78, 5) is 40.5. The van der Waals surface area contributed by atoms with Gasteiger partial charge in [-0.1, -0.05) is 30.3 Å². The van der Waals surface area contributed by atoms with Crippen LogP contribution in [-0.2, 0) is 22.6 Å². The van der Waals surface area contributed by atoms with Crippen molar-refractivity contribution >= 4 is 39.8 Å². The lowest BCUT2D eigenvalue weighted by molar-refractivity contribution is -0.384. The van der Waals surface area contributed by atoms with Gasteiger partial charge in [0.2, 0.25) is 0 Å².